The molecule has 5 nitrogen and oxygen atoms in total. The molecule has 0 heterocycles. The van der Waals surface area contributed by atoms with E-state index in [1.165, 1.54) is 18.4 Å². The zero-order valence-corrected chi connectivity index (χ0v) is 16.2. The summed E-state index contributed by atoms with van der Waals surface area (Å²) in [5, 5.41) is 9.49. The Morgan fingerprint density at radius 2 is 2.00 bits per heavy atom. The summed E-state index contributed by atoms with van der Waals surface area (Å²) in [6.45, 7) is 5.33. The number of hydrogen-bond donors (Lipinski definition) is 3. The van der Waals surface area contributed by atoms with E-state index in [0.717, 1.165) is 17.0 Å². The second kappa shape index (κ2) is 8.51. The lowest BCUT2D eigenvalue weighted by Gasteiger charge is -2.20. The van der Waals surface area contributed by atoms with Gasteiger partial charge in [-0.2, -0.15) is 0 Å². The van der Waals surface area contributed by atoms with Gasteiger partial charge in [0, 0.05) is 42.5 Å². The molecule has 1 aromatic carbocycles. The lowest BCUT2D eigenvalue weighted by molar-refractivity contribution is -0.121. The van der Waals surface area contributed by atoms with Crippen LogP contribution in [-0.4, -0.2) is 38.0 Å². The van der Waals surface area contributed by atoms with Crippen LogP contribution in [0.2, 0.25) is 0 Å². The van der Waals surface area contributed by atoms with Crippen LogP contribution in [-0.2, 0) is 10.2 Å². The normalized spacial score (nSPS) is 16.0. The van der Waals surface area contributed by atoms with Crippen LogP contribution in [0.1, 0.15) is 38.7 Å². The van der Waals surface area contributed by atoms with Gasteiger partial charge in [-0.15, -0.1) is 0 Å². The van der Waals surface area contributed by atoms with Crippen molar-refractivity contribution in [2.45, 2.75) is 44.6 Å². The molecule has 132 valence electrons. The van der Waals surface area contributed by atoms with Crippen molar-refractivity contribution >= 4 is 27.8 Å². The molecule has 1 aliphatic rings. The summed E-state index contributed by atoms with van der Waals surface area (Å²) in [5.41, 5.74) is 1.54. The Bertz CT molecular complexity index is 596. The van der Waals surface area contributed by atoms with Gasteiger partial charge in [0.05, 0.1) is 0 Å². The van der Waals surface area contributed by atoms with Crippen LogP contribution in [0.25, 0.3) is 0 Å². The molecule has 0 aromatic heterocycles. The van der Waals surface area contributed by atoms with Gasteiger partial charge in [0.1, 0.15) is 0 Å². The number of nitrogens with one attached hydrogen (secondary N) is 3. The van der Waals surface area contributed by atoms with Crippen molar-refractivity contribution in [2.75, 3.05) is 20.1 Å². The summed E-state index contributed by atoms with van der Waals surface area (Å²) in [4.78, 5) is 15.9. The molecular formula is C18H27BrN4O. The smallest absolute Gasteiger partial charge is 0.221 e. The van der Waals surface area contributed by atoms with Gasteiger partial charge in [-0.1, -0.05) is 34.1 Å². The minimum atomic E-state index is 0.0554. The van der Waals surface area contributed by atoms with E-state index in [1.807, 2.05) is 19.9 Å². The zero-order valence-electron chi connectivity index (χ0n) is 14.7. The van der Waals surface area contributed by atoms with E-state index in [9.17, 15) is 4.79 Å². The first-order chi connectivity index (χ1) is 11.5. The first-order valence-corrected chi connectivity index (χ1v) is 9.25. The lowest BCUT2D eigenvalue weighted by atomic mass is 9.96. The Balaban J connectivity index is 1.80. The topological polar surface area (TPSA) is 65.5 Å². The van der Waals surface area contributed by atoms with E-state index in [2.05, 4.69) is 55.1 Å². The first-order valence-electron chi connectivity index (χ1n) is 8.46. The summed E-state index contributed by atoms with van der Waals surface area (Å²) in [6, 6.07) is 8.58. The molecule has 0 bridgehead atoms. The third-order valence-corrected chi connectivity index (χ3v) is 4.90. The van der Waals surface area contributed by atoms with Gasteiger partial charge in [-0.25, -0.2) is 0 Å². The predicted octanol–water partition coefficient (Wildman–Crippen LogP) is 2.56. The molecule has 6 heteroatoms. The molecule has 0 unspecified atom stereocenters. The molecule has 1 aromatic rings. The number of guanidine groups is 1. The van der Waals surface area contributed by atoms with E-state index in [0.29, 0.717) is 13.0 Å². The molecule has 0 radical (unpaired) electrons. The monoisotopic (exact) mass is 394 g/mol. The maximum absolute atomic E-state index is 11.7. The summed E-state index contributed by atoms with van der Waals surface area (Å²) in [7, 11) is 1.75. The second-order valence-electron chi connectivity index (χ2n) is 6.58. The molecule has 1 amide bonds. The number of aliphatic imine (C=N–C) groups is 1. The van der Waals surface area contributed by atoms with Crippen LogP contribution in [0.15, 0.2) is 33.7 Å². The average Bonchev–Trinajstić information content (AvgIpc) is 3.31. The minimum absolute atomic E-state index is 0.0554. The Kier molecular flexibility index (Phi) is 6.66. The minimum Gasteiger partial charge on any atom is -0.356 e. The van der Waals surface area contributed by atoms with E-state index in [1.54, 1.807) is 7.05 Å². The quantitative estimate of drug-likeness (QED) is 0.491. The average molecular weight is 395 g/mol. The zero-order chi connectivity index (χ0) is 17.6. The number of halogens is 1. The lowest BCUT2D eigenvalue weighted by Crippen LogP contribution is -2.42. The molecule has 0 saturated heterocycles. The first kappa shape index (κ1) is 18.8. The highest BCUT2D eigenvalue weighted by atomic mass is 79.9. The van der Waals surface area contributed by atoms with Crippen molar-refractivity contribution in [3.63, 3.8) is 0 Å². The van der Waals surface area contributed by atoms with Crippen LogP contribution < -0.4 is 16.0 Å². The van der Waals surface area contributed by atoms with Crippen LogP contribution in [0.5, 0.6) is 0 Å². The van der Waals surface area contributed by atoms with Crippen molar-refractivity contribution in [2.24, 2.45) is 4.99 Å². The van der Waals surface area contributed by atoms with Crippen LogP contribution in [0.3, 0.4) is 0 Å². The van der Waals surface area contributed by atoms with Gasteiger partial charge in [0.15, 0.2) is 5.96 Å². The Morgan fingerprint density at radius 1 is 1.29 bits per heavy atom. The molecule has 0 aliphatic heterocycles. The third-order valence-electron chi connectivity index (χ3n) is 4.21. The third kappa shape index (κ3) is 5.23. The highest BCUT2D eigenvalue weighted by Crippen LogP contribution is 2.49. The molecule has 0 atom stereocenters. The molecule has 3 N–H and O–H groups in total. The predicted molar refractivity (Wildman–Crippen MR) is 102 cm³/mol. The fourth-order valence-electron chi connectivity index (χ4n) is 2.75. The van der Waals surface area contributed by atoms with Gasteiger partial charge >= 0.3 is 0 Å². The number of nitrogens with zero attached hydrogens (tertiary/aromatic N) is 1. The van der Waals surface area contributed by atoms with Crippen LogP contribution in [0.4, 0.5) is 0 Å². The van der Waals surface area contributed by atoms with Gasteiger partial charge in [-0.05, 0) is 38.3 Å². The number of carbonyl (C=O) groups is 1. The molecule has 0 spiro atoms. The maximum Gasteiger partial charge on any atom is 0.221 e. The fourth-order valence-corrected chi connectivity index (χ4v) is 3.45. The summed E-state index contributed by atoms with van der Waals surface area (Å²) in [5.74, 6) is 0.797. The molecule has 1 aliphatic carbocycles. The largest absolute Gasteiger partial charge is 0.356 e. The van der Waals surface area contributed by atoms with E-state index >= 15 is 0 Å². The van der Waals surface area contributed by atoms with E-state index in [-0.39, 0.29) is 17.4 Å². The van der Waals surface area contributed by atoms with Gasteiger partial charge < -0.3 is 16.0 Å². The van der Waals surface area contributed by atoms with Crippen molar-refractivity contribution in [1.29, 1.82) is 0 Å². The van der Waals surface area contributed by atoms with Gasteiger partial charge in [0.2, 0.25) is 5.91 Å². The highest BCUT2D eigenvalue weighted by molar-refractivity contribution is 9.10. The maximum atomic E-state index is 11.7. The van der Waals surface area contributed by atoms with Crippen LogP contribution in [0, 0.1) is 0 Å². The Morgan fingerprint density at radius 3 is 2.58 bits per heavy atom. The number of amides is 1. The molecule has 1 fully saturated rings. The van der Waals surface area contributed by atoms with Crippen molar-refractivity contribution in [3.8, 4) is 0 Å². The summed E-state index contributed by atoms with van der Waals surface area (Å²) < 4.78 is 1.16. The highest BCUT2D eigenvalue weighted by Gasteiger charge is 2.45. The molecule has 24 heavy (non-hydrogen) atoms. The SMILES string of the molecule is CN=C(NCCC(=O)NC(C)C)NCC1(c2ccccc2Br)CC1. The summed E-state index contributed by atoms with van der Waals surface area (Å²) in [6.07, 6.45) is 2.79. The fraction of sp³-hybridized carbons (Fsp3) is 0.556. The van der Waals surface area contributed by atoms with Crippen LogP contribution >= 0.6 is 15.9 Å². The number of benzene rings is 1. The van der Waals surface area contributed by atoms with E-state index < -0.39 is 0 Å². The Labute approximate surface area is 152 Å². The van der Waals surface area contributed by atoms with E-state index in [4.69, 9.17) is 0 Å². The van der Waals surface area contributed by atoms with Gasteiger partial charge in [0.25, 0.3) is 0 Å². The number of hydrogen-bond acceptors (Lipinski definition) is 2. The van der Waals surface area contributed by atoms with Crippen molar-refractivity contribution in [3.05, 3.63) is 34.3 Å². The summed E-state index contributed by atoms with van der Waals surface area (Å²) >= 11 is 3.66. The number of carbonyl (C=O) groups excluding carboxylic acids is 1. The number of rotatable bonds is 7. The molecule has 1 saturated carbocycles. The van der Waals surface area contributed by atoms with Crippen molar-refractivity contribution in [1.82, 2.24) is 16.0 Å². The van der Waals surface area contributed by atoms with Gasteiger partial charge in [-0.3, -0.25) is 9.79 Å². The second-order valence-corrected chi connectivity index (χ2v) is 7.44. The molecular weight excluding hydrogens is 368 g/mol. The van der Waals surface area contributed by atoms with Crippen molar-refractivity contribution < 1.29 is 4.79 Å². The Hall–Kier alpha value is -1.56. The molecule has 2 rings (SSSR count). The standard InChI is InChI=1S/C18H27BrN4O/c1-13(2)23-16(24)8-11-21-17(20-3)22-12-18(9-10-18)14-6-4-5-7-15(14)19/h4-7,13H,8-12H2,1-3H3,(H,23,24)(H2,20,21,22).